The molecule has 1 aliphatic rings. The number of nitrogens with one attached hydrogen (secondary N) is 2. The van der Waals surface area contributed by atoms with Crippen LogP contribution in [0.15, 0.2) is 36.2 Å². The molecule has 1 aliphatic heterocycles. The van der Waals surface area contributed by atoms with Gasteiger partial charge in [-0.05, 0) is 37.0 Å². The van der Waals surface area contributed by atoms with Gasteiger partial charge >= 0.3 is 0 Å². The average molecular weight is 354 g/mol. The van der Waals surface area contributed by atoms with E-state index in [1.165, 1.54) is 0 Å². The summed E-state index contributed by atoms with van der Waals surface area (Å²) in [5.41, 5.74) is 8.42. The number of hydrogen-bond acceptors (Lipinski definition) is 5. The zero-order chi connectivity index (χ0) is 17.2. The second-order valence-electron chi connectivity index (χ2n) is 5.58. The molecular formula is C17H24ClN3O3. The number of alkyl halides is 1. The molecule has 0 bridgehead atoms. The number of benzene rings is 1. The summed E-state index contributed by atoms with van der Waals surface area (Å²) in [4.78, 5) is 11.1. The van der Waals surface area contributed by atoms with Gasteiger partial charge in [-0.1, -0.05) is 12.1 Å². The molecule has 1 amide bonds. The molecule has 24 heavy (non-hydrogen) atoms. The van der Waals surface area contributed by atoms with Crippen molar-refractivity contribution >= 4 is 23.2 Å². The van der Waals surface area contributed by atoms with Gasteiger partial charge in [0.05, 0.1) is 12.3 Å². The number of hydrogen-bond donors (Lipinski definition) is 3. The topological polar surface area (TPSA) is 85.6 Å². The molecule has 1 fully saturated rings. The standard InChI is InChI=1S/C17H24ClN3O3/c18-9-16(22)21-10-13-4-6-15(7-5-13)20-11-14(19)12-24-17-3-1-2-8-23-17/h4-7,11,17,20H,1-3,8-10,12,19H2,(H,21,22)/b14-11-. The van der Waals surface area contributed by atoms with Crippen molar-refractivity contribution in [2.24, 2.45) is 5.73 Å². The van der Waals surface area contributed by atoms with Gasteiger partial charge in [0, 0.05) is 25.0 Å². The number of halogens is 1. The Morgan fingerprint density at radius 1 is 1.38 bits per heavy atom. The van der Waals surface area contributed by atoms with Crippen LogP contribution in [0.25, 0.3) is 0 Å². The van der Waals surface area contributed by atoms with Crippen molar-refractivity contribution in [2.45, 2.75) is 32.1 Å². The lowest BCUT2D eigenvalue weighted by molar-refractivity contribution is -0.157. The van der Waals surface area contributed by atoms with E-state index in [1.807, 2.05) is 24.3 Å². The molecule has 1 aromatic rings. The first-order valence-corrected chi connectivity index (χ1v) is 8.56. The minimum absolute atomic E-state index is 0.0301. The fourth-order valence-electron chi connectivity index (χ4n) is 2.22. The van der Waals surface area contributed by atoms with Gasteiger partial charge in [0.1, 0.15) is 5.88 Å². The number of carbonyl (C=O) groups is 1. The molecule has 132 valence electrons. The van der Waals surface area contributed by atoms with E-state index >= 15 is 0 Å². The molecule has 6 nitrogen and oxygen atoms in total. The Bertz CT molecular complexity index is 543. The molecule has 4 N–H and O–H groups in total. The second kappa shape index (κ2) is 10.2. The highest BCUT2D eigenvalue weighted by atomic mass is 35.5. The maximum atomic E-state index is 11.1. The molecule has 0 aromatic heterocycles. The maximum Gasteiger partial charge on any atom is 0.235 e. The van der Waals surface area contributed by atoms with Crippen LogP contribution in [-0.4, -0.2) is 31.3 Å². The maximum absolute atomic E-state index is 11.1. The zero-order valence-corrected chi connectivity index (χ0v) is 14.3. The lowest BCUT2D eigenvalue weighted by Gasteiger charge is -2.22. The molecule has 1 heterocycles. The first kappa shape index (κ1) is 18.6. The normalized spacial score (nSPS) is 18.2. The lowest BCUT2D eigenvalue weighted by atomic mass is 10.2. The highest BCUT2D eigenvalue weighted by Crippen LogP contribution is 2.14. The van der Waals surface area contributed by atoms with Crippen molar-refractivity contribution in [3.05, 3.63) is 41.7 Å². The third-order valence-electron chi connectivity index (χ3n) is 3.56. The predicted octanol–water partition coefficient (Wildman–Crippen LogP) is 2.30. The van der Waals surface area contributed by atoms with Gasteiger partial charge in [-0.3, -0.25) is 4.79 Å². The Balaban J connectivity index is 1.72. The van der Waals surface area contributed by atoms with E-state index in [4.69, 9.17) is 26.8 Å². The van der Waals surface area contributed by atoms with Crippen LogP contribution in [-0.2, 0) is 20.8 Å². The Morgan fingerprint density at radius 2 is 2.17 bits per heavy atom. The molecule has 0 saturated carbocycles. The van der Waals surface area contributed by atoms with Gasteiger partial charge in [-0.15, -0.1) is 11.6 Å². The second-order valence-corrected chi connectivity index (χ2v) is 5.85. The summed E-state index contributed by atoms with van der Waals surface area (Å²) in [6.45, 7) is 1.55. The van der Waals surface area contributed by atoms with Crippen LogP contribution < -0.4 is 16.4 Å². The first-order valence-electron chi connectivity index (χ1n) is 8.03. The Hall–Kier alpha value is -1.76. The smallest absolute Gasteiger partial charge is 0.235 e. The number of carbonyl (C=O) groups excluding carboxylic acids is 1. The summed E-state index contributed by atoms with van der Waals surface area (Å²) in [6, 6.07) is 7.68. The highest BCUT2D eigenvalue weighted by Gasteiger charge is 2.13. The van der Waals surface area contributed by atoms with Crippen LogP contribution in [0.5, 0.6) is 0 Å². The summed E-state index contributed by atoms with van der Waals surface area (Å²) in [6.07, 6.45) is 4.71. The van der Waals surface area contributed by atoms with E-state index in [-0.39, 0.29) is 18.1 Å². The van der Waals surface area contributed by atoms with E-state index in [0.717, 1.165) is 37.1 Å². The van der Waals surface area contributed by atoms with Gasteiger partial charge in [-0.25, -0.2) is 0 Å². The average Bonchev–Trinajstić information content (AvgIpc) is 2.64. The molecule has 1 unspecified atom stereocenters. The molecule has 1 atom stereocenters. The quantitative estimate of drug-likeness (QED) is 0.624. The van der Waals surface area contributed by atoms with Crippen LogP contribution in [0.3, 0.4) is 0 Å². The fraction of sp³-hybridized carbons (Fsp3) is 0.471. The number of rotatable bonds is 8. The minimum Gasteiger partial charge on any atom is -0.399 e. The summed E-state index contributed by atoms with van der Waals surface area (Å²) < 4.78 is 11.1. The minimum atomic E-state index is -0.184. The van der Waals surface area contributed by atoms with E-state index in [2.05, 4.69) is 10.6 Å². The largest absolute Gasteiger partial charge is 0.399 e. The van der Waals surface area contributed by atoms with Crippen molar-refractivity contribution in [1.29, 1.82) is 0 Å². The van der Waals surface area contributed by atoms with Crippen LogP contribution in [0.4, 0.5) is 5.69 Å². The Morgan fingerprint density at radius 3 is 2.83 bits per heavy atom. The zero-order valence-electron chi connectivity index (χ0n) is 13.6. The van der Waals surface area contributed by atoms with Crippen LogP contribution in [0, 0.1) is 0 Å². The van der Waals surface area contributed by atoms with E-state index in [9.17, 15) is 4.79 Å². The number of anilines is 1. The van der Waals surface area contributed by atoms with Crippen molar-refractivity contribution in [2.75, 3.05) is 24.4 Å². The van der Waals surface area contributed by atoms with Crippen molar-refractivity contribution in [3.63, 3.8) is 0 Å². The third-order valence-corrected chi connectivity index (χ3v) is 3.81. The molecule has 2 rings (SSSR count). The summed E-state index contributed by atoms with van der Waals surface area (Å²) in [5.74, 6) is -0.214. The van der Waals surface area contributed by atoms with Gasteiger partial charge in [-0.2, -0.15) is 0 Å². The van der Waals surface area contributed by atoms with Crippen LogP contribution >= 0.6 is 11.6 Å². The number of ether oxygens (including phenoxy) is 2. The summed E-state index contributed by atoms with van der Waals surface area (Å²) >= 11 is 5.43. The molecule has 1 aromatic carbocycles. The summed E-state index contributed by atoms with van der Waals surface area (Å²) in [7, 11) is 0. The highest BCUT2D eigenvalue weighted by molar-refractivity contribution is 6.27. The van der Waals surface area contributed by atoms with Gasteiger partial charge in [0.2, 0.25) is 5.91 Å². The van der Waals surface area contributed by atoms with E-state index in [1.54, 1.807) is 6.20 Å². The van der Waals surface area contributed by atoms with Crippen molar-refractivity contribution in [3.8, 4) is 0 Å². The van der Waals surface area contributed by atoms with E-state index < -0.39 is 0 Å². The van der Waals surface area contributed by atoms with Gasteiger partial charge < -0.3 is 25.8 Å². The van der Waals surface area contributed by atoms with Gasteiger partial charge in [0.15, 0.2) is 6.29 Å². The number of amides is 1. The monoisotopic (exact) mass is 353 g/mol. The molecule has 1 saturated heterocycles. The predicted molar refractivity (Wildman–Crippen MR) is 94.4 cm³/mol. The molecule has 0 radical (unpaired) electrons. The fourth-order valence-corrected chi connectivity index (χ4v) is 2.31. The van der Waals surface area contributed by atoms with Crippen LogP contribution in [0.1, 0.15) is 24.8 Å². The molecule has 0 aliphatic carbocycles. The first-order chi connectivity index (χ1) is 11.7. The lowest BCUT2D eigenvalue weighted by Crippen LogP contribution is -2.24. The molecule has 7 heteroatoms. The molecule has 0 spiro atoms. The molecular weight excluding hydrogens is 330 g/mol. The van der Waals surface area contributed by atoms with Gasteiger partial charge in [0.25, 0.3) is 0 Å². The van der Waals surface area contributed by atoms with Crippen molar-refractivity contribution in [1.82, 2.24) is 5.32 Å². The van der Waals surface area contributed by atoms with Crippen molar-refractivity contribution < 1.29 is 14.3 Å². The summed E-state index contributed by atoms with van der Waals surface area (Å²) in [5, 5.41) is 5.83. The van der Waals surface area contributed by atoms with Crippen LogP contribution in [0.2, 0.25) is 0 Å². The van der Waals surface area contributed by atoms with E-state index in [0.29, 0.717) is 18.8 Å². The number of nitrogens with two attached hydrogens (primary N) is 1. The Labute approximate surface area is 147 Å². The Kier molecular flexibility index (Phi) is 7.88. The third kappa shape index (κ3) is 6.78. The SMILES string of the molecule is N/C(=C\Nc1ccc(CNC(=O)CCl)cc1)COC1CCCCO1.